The minimum absolute atomic E-state index is 0.424. The van der Waals surface area contributed by atoms with Gasteiger partial charge in [0.05, 0.1) is 13.6 Å². The standard InChI is InChI=1S/C7H3Cl2IO/c8-5-2-1-4(3-11)6(9)7(5)10/h1-3H. The Balaban J connectivity index is 3.36. The maximum atomic E-state index is 10.4. The summed E-state index contributed by atoms with van der Waals surface area (Å²) in [5.41, 5.74) is 0.473. The Morgan fingerprint density at radius 1 is 1.36 bits per heavy atom. The van der Waals surface area contributed by atoms with E-state index in [1.54, 1.807) is 12.1 Å². The third kappa shape index (κ3) is 1.86. The molecule has 0 radical (unpaired) electrons. The van der Waals surface area contributed by atoms with Crippen molar-refractivity contribution in [1.29, 1.82) is 0 Å². The molecule has 1 aromatic rings. The Kier molecular flexibility index (Phi) is 3.16. The summed E-state index contributed by atoms with van der Waals surface area (Å²) in [6.07, 6.45) is 0.709. The highest BCUT2D eigenvalue weighted by atomic mass is 127. The Labute approximate surface area is 87.8 Å². The zero-order valence-electron chi connectivity index (χ0n) is 5.27. The van der Waals surface area contributed by atoms with E-state index < -0.39 is 0 Å². The molecule has 0 aliphatic rings. The average molecular weight is 301 g/mol. The molecule has 0 aliphatic heterocycles. The largest absolute Gasteiger partial charge is 0.298 e. The fraction of sp³-hybridized carbons (Fsp3) is 0. The van der Waals surface area contributed by atoms with Crippen LogP contribution in [0.4, 0.5) is 0 Å². The summed E-state index contributed by atoms with van der Waals surface area (Å²) in [7, 11) is 0. The lowest BCUT2D eigenvalue weighted by molar-refractivity contribution is 0.112. The molecule has 11 heavy (non-hydrogen) atoms. The molecule has 1 nitrogen and oxygen atoms in total. The SMILES string of the molecule is O=Cc1ccc(Cl)c(I)c1Cl. The van der Waals surface area contributed by atoms with Crippen LogP contribution in [0.2, 0.25) is 10.0 Å². The number of hydrogen-bond acceptors (Lipinski definition) is 1. The summed E-state index contributed by atoms with van der Waals surface area (Å²) in [5.74, 6) is 0. The molecule has 58 valence electrons. The van der Waals surface area contributed by atoms with E-state index in [1.807, 2.05) is 22.6 Å². The summed E-state index contributed by atoms with van der Waals surface area (Å²) >= 11 is 13.5. The molecule has 0 aliphatic carbocycles. The molecule has 0 aromatic heterocycles. The first-order valence-electron chi connectivity index (χ1n) is 2.75. The van der Waals surface area contributed by atoms with Crippen LogP contribution in [-0.4, -0.2) is 6.29 Å². The van der Waals surface area contributed by atoms with E-state index in [9.17, 15) is 4.79 Å². The number of aldehydes is 1. The third-order valence-electron chi connectivity index (χ3n) is 1.19. The van der Waals surface area contributed by atoms with Crippen LogP contribution < -0.4 is 0 Å². The van der Waals surface area contributed by atoms with E-state index in [0.717, 1.165) is 3.57 Å². The molecule has 4 heteroatoms. The van der Waals surface area contributed by atoms with Gasteiger partial charge in [0, 0.05) is 5.56 Å². The second-order valence-corrected chi connectivity index (χ2v) is 3.75. The van der Waals surface area contributed by atoms with E-state index in [4.69, 9.17) is 23.2 Å². The van der Waals surface area contributed by atoms with E-state index in [1.165, 1.54) is 0 Å². The lowest BCUT2D eigenvalue weighted by Gasteiger charge is -2.00. The molecule has 0 N–H and O–H groups in total. The zero-order valence-corrected chi connectivity index (χ0v) is 8.94. The van der Waals surface area contributed by atoms with Crippen LogP contribution >= 0.6 is 45.8 Å². The van der Waals surface area contributed by atoms with Gasteiger partial charge in [-0.2, -0.15) is 0 Å². The van der Waals surface area contributed by atoms with E-state index in [2.05, 4.69) is 0 Å². The number of carbonyl (C=O) groups excluding carboxylic acids is 1. The smallest absolute Gasteiger partial charge is 0.151 e. The molecule has 0 saturated carbocycles. The highest BCUT2D eigenvalue weighted by molar-refractivity contribution is 14.1. The van der Waals surface area contributed by atoms with Crippen LogP contribution in [0.3, 0.4) is 0 Å². The quantitative estimate of drug-likeness (QED) is 0.441. The van der Waals surface area contributed by atoms with Crippen LogP contribution in [0.5, 0.6) is 0 Å². The molecule has 0 amide bonds. The number of carbonyl (C=O) groups is 1. The van der Waals surface area contributed by atoms with Crippen LogP contribution in [0.15, 0.2) is 12.1 Å². The maximum absolute atomic E-state index is 10.4. The van der Waals surface area contributed by atoms with Gasteiger partial charge in [-0.1, -0.05) is 23.2 Å². The lowest BCUT2D eigenvalue weighted by atomic mass is 10.2. The van der Waals surface area contributed by atoms with E-state index in [-0.39, 0.29) is 0 Å². The molecular formula is C7H3Cl2IO. The molecule has 1 aromatic carbocycles. The third-order valence-corrected chi connectivity index (χ3v) is 3.67. The predicted octanol–water partition coefficient (Wildman–Crippen LogP) is 3.41. The Hall–Kier alpha value is 0.200. The molecule has 0 spiro atoms. The second kappa shape index (κ2) is 3.74. The van der Waals surface area contributed by atoms with Crippen molar-refractivity contribution >= 4 is 52.1 Å². The van der Waals surface area contributed by atoms with Gasteiger partial charge in [0.15, 0.2) is 6.29 Å². The van der Waals surface area contributed by atoms with Crippen molar-refractivity contribution in [3.8, 4) is 0 Å². The van der Waals surface area contributed by atoms with Crippen molar-refractivity contribution in [1.82, 2.24) is 0 Å². The van der Waals surface area contributed by atoms with Crippen molar-refractivity contribution in [3.05, 3.63) is 31.3 Å². The minimum atomic E-state index is 0.424. The van der Waals surface area contributed by atoms with Crippen molar-refractivity contribution in [2.24, 2.45) is 0 Å². The van der Waals surface area contributed by atoms with Crippen LogP contribution in [0, 0.1) is 3.57 Å². The molecule has 0 bridgehead atoms. The molecule has 0 fully saturated rings. The predicted molar refractivity (Wildman–Crippen MR) is 54.6 cm³/mol. The highest BCUT2D eigenvalue weighted by Gasteiger charge is 2.06. The number of rotatable bonds is 1. The summed E-state index contributed by atoms with van der Waals surface area (Å²) in [6, 6.07) is 3.25. The summed E-state index contributed by atoms with van der Waals surface area (Å²) in [5, 5.41) is 0.995. The maximum Gasteiger partial charge on any atom is 0.151 e. The van der Waals surface area contributed by atoms with Gasteiger partial charge in [-0.25, -0.2) is 0 Å². The van der Waals surface area contributed by atoms with Crippen molar-refractivity contribution in [2.75, 3.05) is 0 Å². The first-order valence-corrected chi connectivity index (χ1v) is 4.59. The fourth-order valence-electron chi connectivity index (χ4n) is 0.632. The molecule has 0 heterocycles. The van der Waals surface area contributed by atoms with Crippen LogP contribution in [-0.2, 0) is 0 Å². The molecule has 0 saturated heterocycles. The molecule has 0 unspecified atom stereocenters. The van der Waals surface area contributed by atoms with Gasteiger partial charge in [-0.05, 0) is 34.7 Å². The van der Waals surface area contributed by atoms with E-state index in [0.29, 0.717) is 21.9 Å². The van der Waals surface area contributed by atoms with Gasteiger partial charge >= 0.3 is 0 Å². The van der Waals surface area contributed by atoms with Gasteiger partial charge in [0.25, 0.3) is 0 Å². The summed E-state index contributed by atoms with van der Waals surface area (Å²) in [4.78, 5) is 10.4. The molecular weight excluding hydrogens is 298 g/mol. The lowest BCUT2D eigenvalue weighted by Crippen LogP contribution is -1.85. The number of benzene rings is 1. The Bertz CT molecular complexity index is 299. The monoisotopic (exact) mass is 300 g/mol. The molecule has 1 rings (SSSR count). The first-order chi connectivity index (χ1) is 5.16. The van der Waals surface area contributed by atoms with Crippen molar-refractivity contribution in [2.45, 2.75) is 0 Å². The Morgan fingerprint density at radius 3 is 2.55 bits per heavy atom. The van der Waals surface area contributed by atoms with Gasteiger partial charge in [0.2, 0.25) is 0 Å². The number of halogens is 3. The average Bonchev–Trinajstić information content (AvgIpc) is 2.01. The zero-order chi connectivity index (χ0) is 8.43. The van der Waals surface area contributed by atoms with Crippen LogP contribution in [0.1, 0.15) is 10.4 Å². The van der Waals surface area contributed by atoms with E-state index >= 15 is 0 Å². The van der Waals surface area contributed by atoms with Gasteiger partial charge in [-0.3, -0.25) is 4.79 Å². The van der Waals surface area contributed by atoms with Crippen molar-refractivity contribution < 1.29 is 4.79 Å². The van der Waals surface area contributed by atoms with Gasteiger partial charge < -0.3 is 0 Å². The topological polar surface area (TPSA) is 17.1 Å². The first kappa shape index (κ1) is 9.29. The summed E-state index contributed by atoms with van der Waals surface area (Å²) in [6.45, 7) is 0. The number of hydrogen-bond donors (Lipinski definition) is 0. The second-order valence-electron chi connectivity index (χ2n) is 1.88. The van der Waals surface area contributed by atoms with Gasteiger partial charge in [-0.15, -0.1) is 0 Å². The Morgan fingerprint density at radius 2 is 2.00 bits per heavy atom. The highest BCUT2D eigenvalue weighted by Crippen LogP contribution is 2.28. The van der Waals surface area contributed by atoms with Gasteiger partial charge in [0.1, 0.15) is 0 Å². The normalized spacial score (nSPS) is 9.73. The minimum Gasteiger partial charge on any atom is -0.298 e. The van der Waals surface area contributed by atoms with Crippen LogP contribution in [0.25, 0.3) is 0 Å². The summed E-state index contributed by atoms with van der Waals surface area (Å²) < 4.78 is 0.718. The molecule has 0 atom stereocenters. The van der Waals surface area contributed by atoms with Crippen molar-refractivity contribution in [3.63, 3.8) is 0 Å². The fourth-order valence-corrected chi connectivity index (χ4v) is 1.54.